The summed E-state index contributed by atoms with van der Waals surface area (Å²) in [4.78, 5) is 19.0. The van der Waals surface area contributed by atoms with Crippen molar-refractivity contribution in [1.29, 1.82) is 0 Å². The molecule has 0 aliphatic carbocycles. The number of esters is 1. The van der Waals surface area contributed by atoms with Crippen LogP contribution in [0.3, 0.4) is 0 Å². The molecule has 8 heteroatoms. The van der Waals surface area contributed by atoms with Crippen LogP contribution in [0.2, 0.25) is 0 Å². The SMILES string of the molecule is COC(=O)c1ccccc1-c1ccc([C@H]2[C@H](c3ccccn3)NC(=S)N2c2ccc(Oc3ccccc3)cc2)o1. The standard InChI is InChI=1S/C32H25N3O4S/c1-37-31(36)25-12-6-5-11-24(25)27-18-19-28(39-27)30-29(26-13-7-8-20-33-26)34-32(40)35(30)21-14-16-23(17-15-21)38-22-9-3-2-4-10-22/h2-20,29-30H,1H3,(H,34,40)/t29-,30-/m0/s1. The van der Waals surface area contributed by atoms with Crippen molar-refractivity contribution in [3.8, 4) is 22.8 Å². The summed E-state index contributed by atoms with van der Waals surface area (Å²) < 4.78 is 17.4. The molecule has 198 valence electrons. The van der Waals surface area contributed by atoms with Crippen molar-refractivity contribution in [3.63, 3.8) is 0 Å². The van der Waals surface area contributed by atoms with Crippen LogP contribution < -0.4 is 15.0 Å². The minimum absolute atomic E-state index is 0.274. The van der Waals surface area contributed by atoms with Gasteiger partial charge in [-0.25, -0.2) is 4.79 Å². The van der Waals surface area contributed by atoms with Gasteiger partial charge in [-0.15, -0.1) is 0 Å². The first-order chi connectivity index (χ1) is 19.6. The first-order valence-corrected chi connectivity index (χ1v) is 13.1. The van der Waals surface area contributed by atoms with Gasteiger partial charge in [0.1, 0.15) is 29.1 Å². The van der Waals surface area contributed by atoms with Crippen molar-refractivity contribution in [1.82, 2.24) is 10.3 Å². The van der Waals surface area contributed by atoms with Crippen LogP contribution in [0.5, 0.6) is 11.5 Å². The summed E-state index contributed by atoms with van der Waals surface area (Å²) in [6.45, 7) is 0. The first kappa shape index (κ1) is 25.3. The number of carbonyl (C=O) groups is 1. The molecule has 3 heterocycles. The molecule has 3 aromatic carbocycles. The smallest absolute Gasteiger partial charge is 0.338 e. The molecule has 0 bridgehead atoms. The molecule has 1 aliphatic rings. The lowest BCUT2D eigenvalue weighted by molar-refractivity contribution is 0.0601. The molecule has 0 amide bonds. The van der Waals surface area contributed by atoms with Crippen molar-refractivity contribution in [3.05, 3.63) is 132 Å². The highest BCUT2D eigenvalue weighted by molar-refractivity contribution is 7.80. The lowest BCUT2D eigenvalue weighted by Crippen LogP contribution is -2.29. The Morgan fingerprint density at radius 1 is 0.875 bits per heavy atom. The number of hydrogen-bond acceptors (Lipinski definition) is 6. The van der Waals surface area contributed by atoms with E-state index >= 15 is 0 Å². The van der Waals surface area contributed by atoms with Gasteiger partial charge in [0.15, 0.2) is 5.11 Å². The highest BCUT2D eigenvalue weighted by Crippen LogP contribution is 2.43. The molecule has 1 fully saturated rings. The van der Waals surface area contributed by atoms with E-state index in [1.807, 2.05) is 102 Å². The van der Waals surface area contributed by atoms with Gasteiger partial charge in [-0.3, -0.25) is 4.98 Å². The number of nitrogens with zero attached hydrogens (tertiary/aromatic N) is 2. The largest absolute Gasteiger partial charge is 0.465 e. The Bertz CT molecular complexity index is 1640. The zero-order valence-electron chi connectivity index (χ0n) is 21.6. The van der Waals surface area contributed by atoms with E-state index in [0.29, 0.717) is 33.5 Å². The van der Waals surface area contributed by atoms with Crippen LogP contribution in [0.4, 0.5) is 5.69 Å². The highest BCUT2D eigenvalue weighted by atomic mass is 32.1. The van der Waals surface area contributed by atoms with Gasteiger partial charge in [-0.05, 0) is 78.9 Å². The topological polar surface area (TPSA) is 76.8 Å². The molecule has 6 rings (SSSR count). The van der Waals surface area contributed by atoms with E-state index in [2.05, 4.69) is 10.3 Å². The number of ether oxygens (including phenoxy) is 2. The second-order valence-corrected chi connectivity index (χ2v) is 9.53. The Morgan fingerprint density at radius 3 is 2.35 bits per heavy atom. The molecule has 2 aromatic heterocycles. The molecule has 2 atom stereocenters. The monoisotopic (exact) mass is 547 g/mol. The van der Waals surface area contributed by atoms with Crippen LogP contribution in [-0.4, -0.2) is 23.2 Å². The third-order valence-electron chi connectivity index (χ3n) is 6.71. The Kier molecular flexibility index (Phi) is 6.99. The predicted molar refractivity (Wildman–Crippen MR) is 156 cm³/mol. The third-order valence-corrected chi connectivity index (χ3v) is 7.02. The normalized spacial score (nSPS) is 16.4. The quantitative estimate of drug-likeness (QED) is 0.171. The van der Waals surface area contributed by atoms with Crippen molar-refractivity contribution in [2.24, 2.45) is 0 Å². The molecule has 7 nitrogen and oxygen atoms in total. The van der Waals surface area contributed by atoms with E-state index in [1.54, 1.807) is 18.3 Å². The maximum absolute atomic E-state index is 12.4. The van der Waals surface area contributed by atoms with Gasteiger partial charge >= 0.3 is 5.97 Å². The average molecular weight is 548 g/mol. The summed E-state index contributed by atoms with van der Waals surface area (Å²) in [5.74, 6) is 2.27. The van der Waals surface area contributed by atoms with E-state index in [-0.39, 0.29) is 12.1 Å². The molecule has 1 aliphatic heterocycles. The Hall–Kier alpha value is -4.95. The van der Waals surface area contributed by atoms with Crippen LogP contribution >= 0.6 is 12.2 Å². The van der Waals surface area contributed by atoms with Gasteiger partial charge < -0.3 is 24.1 Å². The first-order valence-electron chi connectivity index (χ1n) is 12.7. The minimum Gasteiger partial charge on any atom is -0.465 e. The maximum Gasteiger partial charge on any atom is 0.338 e. The van der Waals surface area contributed by atoms with Crippen molar-refractivity contribution >= 4 is 29.0 Å². The lowest BCUT2D eigenvalue weighted by Gasteiger charge is -2.26. The van der Waals surface area contributed by atoms with Crippen molar-refractivity contribution in [2.75, 3.05) is 12.0 Å². The number of thiocarbonyl (C=S) groups is 1. The van der Waals surface area contributed by atoms with Gasteiger partial charge in [0.05, 0.1) is 24.4 Å². The summed E-state index contributed by atoms with van der Waals surface area (Å²) in [5, 5.41) is 3.99. The summed E-state index contributed by atoms with van der Waals surface area (Å²) in [6, 6.07) is 33.6. The highest BCUT2D eigenvalue weighted by Gasteiger charge is 2.42. The van der Waals surface area contributed by atoms with E-state index < -0.39 is 5.97 Å². The molecule has 0 unspecified atom stereocenters. The van der Waals surface area contributed by atoms with Crippen LogP contribution in [0, 0.1) is 0 Å². The number of furan rings is 1. The zero-order valence-corrected chi connectivity index (χ0v) is 22.4. The third kappa shape index (κ3) is 4.92. The Labute approximate surface area is 237 Å². The second kappa shape index (κ2) is 11.0. The van der Waals surface area contributed by atoms with Gasteiger partial charge in [-0.2, -0.15) is 0 Å². The van der Waals surface area contributed by atoms with Gasteiger partial charge in [0, 0.05) is 17.4 Å². The Morgan fingerprint density at radius 2 is 1.60 bits per heavy atom. The molecule has 0 spiro atoms. The molecule has 1 N–H and O–H groups in total. The number of anilines is 1. The number of rotatable bonds is 7. The van der Waals surface area contributed by atoms with E-state index in [1.165, 1.54) is 7.11 Å². The van der Waals surface area contributed by atoms with Crippen molar-refractivity contribution in [2.45, 2.75) is 12.1 Å². The van der Waals surface area contributed by atoms with Crippen LogP contribution in [0.25, 0.3) is 11.3 Å². The molecular formula is C32H25N3O4S. The van der Waals surface area contributed by atoms with Crippen LogP contribution in [-0.2, 0) is 4.74 Å². The zero-order chi connectivity index (χ0) is 27.5. The fourth-order valence-corrected chi connectivity index (χ4v) is 5.21. The maximum atomic E-state index is 12.4. The summed E-state index contributed by atoms with van der Waals surface area (Å²) in [5.41, 5.74) is 2.78. The van der Waals surface area contributed by atoms with E-state index in [0.717, 1.165) is 17.1 Å². The molecule has 40 heavy (non-hydrogen) atoms. The number of benzene rings is 3. The van der Waals surface area contributed by atoms with Gasteiger partial charge in [0.25, 0.3) is 0 Å². The second-order valence-electron chi connectivity index (χ2n) is 9.14. The predicted octanol–water partition coefficient (Wildman–Crippen LogP) is 7.10. The molecule has 1 saturated heterocycles. The number of carbonyl (C=O) groups excluding carboxylic acids is 1. The van der Waals surface area contributed by atoms with Crippen molar-refractivity contribution < 1.29 is 18.7 Å². The molecule has 5 aromatic rings. The fourth-order valence-electron chi connectivity index (χ4n) is 4.86. The number of nitrogens with one attached hydrogen (secondary N) is 1. The van der Waals surface area contributed by atoms with E-state index in [9.17, 15) is 4.79 Å². The van der Waals surface area contributed by atoms with Crippen LogP contribution in [0.15, 0.2) is 120 Å². The summed E-state index contributed by atoms with van der Waals surface area (Å²) >= 11 is 5.84. The number of hydrogen-bond donors (Lipinski definition) is 1. The summed E-state index contributed by atoms with van der Waals surface area (Å²) in [6.07, 6.45) is 1.76. The molecule has 0 radical (unpaired) electrons. The molecule has 0 saturated carbocycles. The summed E-state index contributed by atoms with van der Waals surface area (Å²) in [7, 11) is 1.36. The Balaban J connectivity index is 1.37. The number of para-hydroxylation sites is 1. The van der Waals surface area contributed by atoms with Crippen LogP contribution in [0.1, 0.15) is 33.9 Å². The number of methoxy groups -OCH3 is 1. The van der Waals surface area contributed by atoms with E-state index in [4.69, 9.17) is 26.1 Å². The van der Waals surface area contributed by atoms with Gasteiger partial charge in [0.2, 0.25) is 0 Å². The lowest BCUT2D eigenvalue weighted by atomic mass is 10.0. The number of pyridine rings is 1. The van der Waals surface area contributed by atoms with Gasteiger partial charge in [-0.1, -0.05) is 42.5 Å². The molecular weight excluding hydrogens is 522 g/mol. The average Bonchev–Trinajstić information content (AvgIpc) is 3.63. The fraction of sp³-hybridized carbons (Fsp3) is 0.0938. The number of aromatic nitrogens is 1. The minimum atomic E-state index is -0.428.